The standard InChI is InChI=1S/C64H44N2/c1-63(2)58-39-44(30-32-52(58)55-36-42-20-12-13-21-43(42)38-59(55)63)48-33-34-53(50-27-15-14-26-49(48)50)62-65-60(41-18-6-3-7-19-41)40-61(66-62)45-31-35-57-54(37-45)51-28-16-17-29-56(51)64(57,46-22-8-4-9-23-46)47-24-10-5-11-25-47/h3-40H,1-2H3. The molecule has 0 saturated carbocycles. The Hall–Kier alpha value is -8.20. The van der Waals surface area contributed by atoms with E-state index < -0.39 is 5.41 Å². The van der Waals surface area contributed by atoms with Crippen molar-refractivity contribution in [3.8, 4) is 67.3 Å². The molecule has 0 fully saturated rings. The summed E-state index contributed by atoms with van der Waals surface area (Å²) in [4.78, 5) is 10.9. The SMILES string of the molecule is CC1(C)c2cc(-c3ccc(-c4nc(-c5ccccc5)cc(-c5ccc6c(c5)-c5ccccc5C6(c5ccccc5)c5ccccc5)n4)c4ccccc34)ccc2-c2cc3ccccc3cc21. The molecule has 0 aliphatic heterocycles. The molecule has 66 heavy (non-hydrogen) atoms. The fourth-order valence-corrected chi connectivity index (χ4v) is 11.4. The normalized spacial score (nSPS) is 13.8. The first-order chi connectivity index (χ1) is 32.5. The third kappa shape index (κ3) is 5.68. The number of aromatic nitrogens is 2. The molecule has 0 amide bonds. The van der Waals surface area contributed by atoms with E-state index in [-0.39, 0.29) is 5.41 Å². The summed E-state index contributed by atoms with van der Waals surface area (Å²) in [6, 6.07) is 84.3. The molecule has 0 unspecified atom stereocenters. The topological polar surface area (TPSA) is 25.8 Å². The van der Waals surface area contributed by atoms with E-state index in [9.17, 15) is 0 Å². The maximum Gasteiger partial charge on any atom is 0.161 e. The summed E-state index contributed by atoms with van der Waals surface area (Å²) in [5, 5.41) is 4.87. The van der Waals surface area contributed by atoms with Crippen molar-refractivity contribution in [2.75, 3.05) is 0 Å². The van der Waals surface area contributed by atoms with Crippen LogP contribution in [0, 0.1) is 0 Å². The van der Waals surface area contributed by atoms with Gasteiger partial charge in [0.05, 0.1) is 16.8 Å². The smallest absolute Gasteiger partial charge is 0.161 e. The minimum atomic E-state index is -0.465. The minimum Gasteiger partial charge on any atom is -0.228 e. The van der Waals surface area contributed by atoms with Crippen molar-refractivity contribution in [3.63, 3.8) is 0 Å². The second kappa shape index (κ2) is 14.7. The van der Waals surface area contributed by atoms with Crippen molar-refractivity contribution in [2.24, 2.45) is 0 Å². The van der Waals surface area contributed by atoms with Crippen molar-refractivity contribution in [3.05, 3.63) is 264 Å². The van der Waals surface area contributed by atoms with Crippen LogP contribution in [-0.2, 0) is 10.8 Å². The summed E-state index contributed by atoms with van der Waals surface area (Å²) < 4.78 is 0. The van der Waals surface area contributed by atoms with Gasteiger partial charge in [-0.2, -0.15) is 0 Å². The van der Waals surface area contributed by atoms with Gasteiger partial charge in [0.15, 0.2) is 5.82 Å². The highest BCUT2D eigenvalue weighted by Gasteiger charge is 2.46. The average molecular weight is 841 g/mol. The zero-order valence-corrected chi connectivity index (χ0v) is 36.8. The average Bonchev–Trinajstić information content (AvgIpc) is 3.80. The Balaban J connectivity index is 0.966. The van der Waals surface area contributed by atoms with Crippen LogP contribution in [0.5, 0.6) is 0 Å². The quantitative estimate of drug-likeness (QED) is 0.167. The number of hydrogen-bond acceptors (Lipinski definition) is 2. The Morgan fingerprint density at radius 2 is 0.803 bits per heavy atom. The number of benzene rings is 10. The number of rotatable bonds is 6. The van der Waals surface area contributed by atoms with Crippen molar-refractivity contribution < 1.29 is 0 Å². The van der Waals surface area contributed by atoms with Crippen LogP contribution in [0.4, 0.5) is 0 Å². The van der Waals surface area contributed by atoms with Crippen molar-refractivity contribution in [1.82, 2.24) is 9.97 Å². The lowest BCUT2D eigenvalue weighted by Gasteiger charge is -2.33. The largest absolute Gasteiger partial charge is 0.228 e. The van der Waals surface area contributed by atoms with Crippen LogP contribution in [0.1, 0.15) is 47.2 Å². The highest BCUT2D eigenvalue weighted by Crippen LogP contribution is 2.57. The molecule has 1 aromatic heterocycles. The van der Waals surface area contributed by atoms with E-state index in [0.29, 0.717) is 5.82 Å². The maximum atomic E-state index is 5.49. The molecule has 11 aromatic rings. The molecule has 0 atom stereocenters. The van der Waals surface area contributed by atoms with E-state index in [0.717, 1.165) is 33.5 Å². The lowest BCUT2D eigenvalue weighted by atomic mass is 9.67. The van der Waals surface area contributed by atoms with Gasteiger partial charge in [0.2, 0.25) is 0 Å². The molecule has 2 aliphatic rings. The number of hydrogen-bond donors (Lipinski definition) is 0. The highest BCUT2D eigenvalue weighted by atomic mass is 14.9. The van der Waals surface area contributed by atoms with Crippen LogP contribution in [0.15, 0.2) is 231 Å². The van der Waals surface area contributed by atoms with Crippen LogP contribution in [0.3, 0.4) is 0 Å². The summed E-state index contributed by atoms with van der Waals surface area (Å²) in [6.07, 6.45) is 0. The lowest BCUT2D eigenvalue weighted by molar-refractivity contribution is 0.661. The summed E-state index contributed by atoms with van der Waals surface area (Å²) in [7, 11) is 0. The van der Waals surface area contributed by atoms with Crippen molar-refractivity contribution in [2.45, 2.75) is 24.7 Å². The molecule has 0 bridgehead atoms. The molecule has 1 heterocycles. The number of nitrogens with zero attached hydrogens (tertiary/aromatic N) is 2. The van der Waals surface area contributed by atoms with Gasteiger partial charge in [-0.3, -0.25) is 0 Å². The Morgan fingerprint density at radius 1 is 0.303 bits per heavy atom. The Kier molecular flexibility index (Phi) is 8.51. The van der Waals surface area contributed by atoms with Crippen molar-refractivity contribution in [1.29, 1.82) is 0 Å². The van der Waals surface area contributed by atoms with Crippen LogP contribution >= 0.6 is 0 Å². The molecule has 13 rings (SSSR count). The van der Waals surface area contributed by atoms with Gasteiger partial charge in [-0.25, -0.2) is 9.97 Å². The molecular weight excluding hydrogens is 797 g/mol. The second-order valence-corrected chi connectivity index (χ2v) is 18.5. The Bertz CT molecular complexity index is 3680. The zero-order chi connectivity index (χ0) is 44.0. The molecule has 0 spiro atoms. The molecule has 310 valence electrons. The van der Waals surface area contributed by atoms with E-state index in [4.69, 9.17) is 9.97 Å². The zero-order valence-electron chi connectivity index (χ0n) is 36.8. The van der Waals surface area contributed by atoms with E-state index in [2.05, 4.69) is 244 Å². The van der Waals surface area contributed by atoms with E-state index in [1.165, 1.54) is 82.9 Å². The van der Waals surface area contributed by atoms with Crippen molar-refractivity contribution >= 4 is 21.5 Å². The summed E-state index contributed by atoms with van der Waals surface area (Å²) in [6.45, 7) is 4.74. The third-order valence-corrected chi connectivity index (χ3v) is 14.6. The molecule has 2 aliphatic carbocycles. The first kappa shape index (κ1) is 38.3. The number of fused-ring (bicyclic) bond motifs is 8. The molecule has 0 radical (unpaired) electrons. The van der Waals surface area contributed by atoms with Crippen LogP contribution in [0.2, 0.25) is 0 Å². The molecule has 2 nitrogen and oxygen atoms in total. The lowest BCUT2D eigenvalue weighted by Crippen LogP contribution is -2.28. The first-order valence-corrected chi connectivity index (χ1v) is 23.0. The minimum absolute atomic E-state index is 0.132. The Labute approximate surface area is 385 Å². The van der Waals surface area contributed by atoms with Crippen LogP contribution in [0.25, 0.3) is 88.8 Å². The molecule has 0 saturated heterocycles. The predicted octanol–water partition coefficient (Wildman–Crippen LogP) is 16.1. The van der Waals surface area contributed by atoms with Gasteiger partial charge in [-0.15, -0.1) is 0 Å². The monoisotopic (exact) mass is 840 g/mol. The van der Waals surface area contributed by atoms with Gasteiger partial charge in [0.1, 0.15) is 0 Å². The fourth-order valence-electron chi connectivity index (χ4n) is 11.4. The van der Waals surface area contributed by atoms with Gasteiger partial charge in [-0.1, -0.05) is 208 Å². The summed E-state index contributed by atoms with van der Waals surface area (Å²) in [5.74, 6) is 0.704. The second-order valence-electron chi connectivity index (χ2n) is 18.5. The summed E-state index contributed by atoms with van der Waals surface area (Å²) in [5.41, 5.74) is 19.7. The summed E-state index contributed by atoms with van der Waals surface area (Å²) >= 11 is 0. The van der Waals surface area contributed by atoms with E-state index >= 15 is 0 Å². The molecular formula is C64H44N2. The maximum absolute atomic E-state index is 5.49. The van der Waals surface area contributed by atoms with E-state index in [1.807, 2.05) is 0 Å². The van der Waals surface area contributed by atoms with Gasteiger partial charge in [0.25, 0.3) is 0 Å². The first-order valence-electron chi connectivity index (χ1n) is 23.0. The van der Waals surface area contributed by atoms with Gasteiger partial charge < -0.3 is 0 Å². The molecule has 2 heteroatoms. The molecule has 0 N–H and O–H groups in total. The highest BCUT2D eigenvalue weighted by molar-refractivity contribution is 6.05. The van der Waals surface area contributed by atoms with Gasteiger partial charge in [0, 0.05) is 22.1 Å². The fraction of sp³-hybridized carbons (Fsp3) is 0.0625. The predicted molar refractivity (Wildman–Crippen MR) is 274 cm³/mol. The van der Waals surface area contributed by atoms with Crippen LogP contribution in [-0.4, -0.2) is 9.97 Å². The third-order valence-electron chi connectivity index (χ3n) is 14.6. The Morgan fingerprint density at radius 3 is 1.53 bits per heavy atom. The van der Waals surface area contributed by atoms with Gasteiger partial charge >= 0.3 is 0 Å². The van der Waals surface area contributed by atoms with Gasteiger partial charge in [-0.05, 0) is 125 Å². The van der Waals surface area contributed by atoms with Crippen LogP contribution < -0.4 is 0 Å². The van der Waals surface area contributed by atoms with E-state index in [1.54, 1.807) is 0 Å². The molecule has 10 aromatic carbocycles.